The van der Waals surface area contributed by atoms with Gasteiger partial charge in [-0.15, -0.1) is 0 Å². The van der Waals surface area contributed by atoms with Crippen molar-refractivity contribution in [3.63, 3.8) is 0 Å². The Morgan fingerprint density at radius 1 is 1.10 bits per heavy atom. The predicted octanol–water partition coefficient (Wildman–Crippen LogP) is 5.94. The normalized spacial score (nSPS) is 12.2. The lowest BCUT2D eigenvalue weighted by Crippen LogP contribution is -2.12. The van der Waals surface area contributed by atoms with Crippen molar-refractivity contribution in [2.75, 3.05) is 7.05 Å². The van der Waals surface area contributed by atoms with Crippen molar-refractivity contribution in [1.82, 2.24) is 5.32 Å². The van der Waals surface area contributed by atoms with E-state index in [1.165, 1.54) is 5.56 Å². The molecule has 5 heteroatoms. The molecular weight excluding hydrogens is 405 g/mol. The molecule has 1 unspecified atom stereocenters. The summed E-state index contributed by atoms with van der Waals surface area (Å²) < 4.78 is 7.68. The molecule has 0 aliphatic carbocycles. The molecule has 0 aromatic heterocycles. The zero-order valence-corrected chi connectivity index (χ0v) is 15.0. The van der Waals surface area contributed by atoms with Crippen LogP contribution < -0.4 is 10.1 Å². The van der Waals surface area contributed by atoms with Crippen molar-refractivity contribution in [1.29, 1.82) is 0 Å². The van der Waals surface area contributed by atoms with Crippen LogP contribution >= 0.6 is 43.5 Å². The minimum absolute atomic E-state index is 0.287. The van der Waals surface area contributed by atoms with Crippen LogP contribution in [0.2, 0.25) is 5.02 Å². The molecule has 0 aliphatic rings. The Hall–Kier alpha value is -0.550. The maximum Gasteiger partial charge on any atom is 0.147 e. The summed E-state index contributed by atoms with van der Waals surface area (Å²) >= 11 is 13.1. The maximum atomic E-state index is 6.13. The average Bonchev–Trinajstić information content (AvgIpc) is 2.44. The molecule has 2 rings (SSSR count). The number of hydrogen-bond donors (Lipinski definition) is 1. The van der Waals surface area contributed by atoms with E-state index in [1.807, 2.05) is 37.4 Å². The number of hydrogen-bond acceptors (Lipinski definition) is 2. The smallest absolute Gasteiger partial charge is 0.147 e. The first-order chi connectivity index (χ1) is 9.51. The zero-order chi connectivity index (χ0) is 14.7. The topological polar surface area (TPSA) is 21.3 Å². The summed E-state index contributed by atoms with van der Waals surface area (Å²) in [6, 6.07) is 11.8. The highest BCUT2D eigenvalue weighted by Gasteiger charge is 2.10. The van der Waals surface area contributed by atoms with E-state index in [2.05, 4.69) is 44.1 Å². The van der Waals surface area contributed by atoms with Gasteiger partial charge in [-0.05, 0) is 65.8 Å². The molecule has 0 heterocycles. The molecule has 0 radical (unpaired) electrons. The van der Waals surface area contributed by atoms with Gasteiger partial charge < -0.3 is 10.1 Å². The van der Waals surface area contributed by atoms with Gasteiger partial charge in [-0.25, -0.2) is 0 Å². The number of nitrogens with one attached hydrogen (secondary N) is 1. The third-order valence-corrected chi connectivity index (χ3v) is 4.43. The summed E-state index contributed by atoms with van der Waals surface area (Å²) in [6.45, 7) is 2.10. The van der Waals surface area contributed by atoms with E-state index >= 15 is 0 Å². The van der Waals surface area contributed by atoms with E-state index < -0.39 is 0 Å². The standard InChI is InChI=1S/C15H14Br2ClNO/c1-9(19-2)10-3-6-14(12(17)7-10)20-15-8-11(16)4-5-13(15)18/h3-9,19H,1-2H3. The molecule has 2 aromatic rings. The first kappa shape index (κ1) is 15.8. The molecule has 20 heavy (non-hydrogen) atoms. The number of rotatable bonds is 4. The summed E-state index contributed by atoms with van der Waals surface area (Å²) in [5.41, 5.74) is 1.19. The van der Waals surface area contributed by atoms with Gasteiger partial charge in [0, 0.05) is 10.5 Å². The van der Waals surface area contributed by atoms with Crippen molar-refractivity contribution in [3.05, 3.63) is 55.9 Å². The Balaban J connectivity index is 2.28. The second kappa shape index (κ2) is 6.94. The fraction of sp³-hybridized carbons (Fsp3) is 0.200. The van der Waals surface area contributed by atoms with Crippen LogP contribution in [0.25, 0.3) is 0 Å². The minimum atomic E-state index is 0.287. The third-order valence-electron chi connectivity index (χ3n) is 3.00. The van der Waals surface area contributed by atoms with Gasteiger partial charge >= 0.3 is 0 Å². The van der Waals surface area contributed by atoms with Crippen LogP contribution in [-0.2, 0) is 0 Å². The molecule has 0 aliphatic heterocycles. The summed E-state index contributed by atoms with van der Waals surface area (Å²) in [7, 11) is 1.93. The molecule has 2 nitrogen and oxygen atoms in total. The van der Waals surface area contributed by atoms with E-state index in [4.69, 9.17) is 16.3 Å². The highest BCUT2D eigenvalue weighted by atomic mass is 79.9. The molecule has 0 saturated carbocycles. The van der Waals surface area contributed by atoms with Crippen molar-refractivity contribution >= 4 is 43.5 Å². The fourth-order valence-corrected chi connectivity index (χ4v) is 2.68. The number of halogens is 3. The van der Waals surface area contributed by atoms with Crippen LogP contribution in [-0.4, -0.2) is 7.05 Å². The van der Waals surface area contributed by atoms with Gasteiger partial charge in [-0.2, -0.15) is 0 Å². The molecule has 0 amide bonds. The largest absolute Gasteiger partial charge is 0.455 e. The Bertz CT molecular complexity index is 619. The molecule has 0 bridgehead atoms. The van der Waals surface area contributed by atoms with E-state index in [0.717, 1.165) is 14.7 Å². The molecule has 0 saturated heterocycles. The van der Waals surface area contributed by atoms with E-state index in [9.17, 15) is 0 Å². The van der Waals surface area contributed by atoms with Crippen molar-refractivity contribution < 1.29 is 4.74 Å². The molecule has 0 fully saturated rings. The van der Waals surface area contributed by atoms with E-state index in [1.54, 1.807) is 6.07 Å². The average molecular weight is 420 g/mol. The van der Waals surface area contributed by atoms with Gasteiger partial charge in [0.25, 0.3) is 0 Å². The Kier molecular flexibility index (Phi) is 5.49. The van der Waals surface area contributed by atoms with Crippen molar-refractivity contribution in [2.24, 2.45) is 0 Å². The lowest BCUT2D eigenvalue weighted by molar-refractivity contribution is 0.479. The van der Waals surface area contributed by atoms with Gasteiger partial charge in [0.15, 0.2) is 0 Å². The fourth-order valence-electron chi connectivity index (χ4n) is 1.71. The number of benzene rings is 2. The molecule has 1 atom stereocenters. The van der Waals surface area contributed by atoms with Gasteiger partial charge in [-0.3, -0.25) is 0 Å². The van der Waals surface area contributed by atoms with Crippen molar-refractivity contribution in [3.8, 4) is 11.5 Å². The summed E-state index contributed by atoms with van der Waals surface area (Å²) in [5, 5.41) is 3.78. The predicted molar refractivity (Wildman–Crippen MR) is 90.8 cm³/mol. The highest BCUT2D eigenvalue weighted by molar-refractivity contribution is 9.10. The Morgan fingerprint density at radius 3 is 2.50 bits per heavy atom. The maximum absolute atomic E-state index is 6.13. The Labute approximate surface area is 140 Å². The van der Waals surface area contributed by atoms with Gasteiger partial charge in [0.05, 0.1) is 9.50 Å². The lowest BCUT2D eigenvalue weighted by Gasteiger charge is -2.14. The third kappa shape index (κ3) is 3.76. The molecule has 0 spiro atoms. The quantitative estimate of drug-likeness (QED) is 0.662. The van der Waals surface area contributed by atoms with Crippen LogP contribution in [0.5, 0.6) is 11.5 Å². The first-order valence-corrected chi connectivity index (χ1v) is 8.07. The Morgan fingerprint density at radius 2 is 1.85 bits per heavy atom. The van der Waals surface area contributed by atoms with Crippen LogP contribution in [0.1, 0.15) is 18.5 Å². The molecule has 1 N–H and O–H groups in total. The summed E-state index contributed by atoms with van der Waals surface area (Å²) in [5.74, 6) is 1.35. The second-order valence-electron chi connectivity index (χ2n) is 4.38. The second-order valence-corrected chi connectivity index (χ2v) is 6.55. The van der Waals surface area contributed by atoms with Gasteiger partial charge in [-0.1, -0.05) is 33.6 Å². The first-order valence-electron chi connectivity index (χ1n) is 6.11. The molecule has 2 aromatic carbocycles. The van der Waals surface area contributed by atoms with Crippen LogP contribution in [0, 0.1) is 0 Å². The molecule has 106 valence electrons. The van der Waals surface area contributed by atoms with Crippen LogP contribution in [0.4, 0.5) is 0 Å². The lowest BCUT2D eigenvalue weighted by atomic mass is 10.1. The summed E-state index contributed by atoms with van der Waals surface area (Å²) in [6.07, 6.45) is 0. The SMILES string of the molecule is CNC(C)c1ccc(Oc2cc(Br)ccc2Cl)c(Br)c1. The van der Waals surface area contributed by atoms with Crippen LogP contribution in [0.3, 0.4) is 0 Å². The van der Waals surface area contributed by atoms with Crippen LogP contribution in [0.15, 0.2) is 45.3 Å². The zero-order valence-electron chi connectivity index (χ0n) is 11.1. The van der Waals surface area contributed by atoms with Crippen molar-refractivity contribution in [2.45, 2.75) is 13.0 Å². The van der Waals surface area contributed by atoms with E-state index in [-0.39, 0.29) is 6.04 Å². The monoisotopic (exact) mass is 417 g/mol. The highest BCUT2D eigenvalue weighted by Crippen LogP contribution is 2.36. The summed E-state index contributed by atoms with van der Waals surface area (Å²) in [4.78, 5) is 0. The molecular formula is C15H14Br2ClNO. The van der Waals surface area contributed by atoms with Gasteiger partial charge in [0.1, 0.15) is 11.5 Å². The number of ether oxygens (including phenoxy) is 1. The van der Waals surface area contributed by atoms with E-state index in [0.29, 0.717) is 10.8 Å². The minimum Gasteiger partial charge on any atom is -0.455 e. The van der Waals surface area contributed by atoms with Gasteiger partial charge in [0.2, 0.25) is 0 Å².